The summed E-state index contributed by atoms with van der Waals surface area (Å²) in [6.07, 6.45) is 1.37. The SMILES string of the molecule is COc1ccc(C(=O)COC(=O)c2ccccc2NC(=O)c2ccco2)cc1Br. The van der Waals surface area contributed by atoms with Crippen LogP contribution in [0.1, 0.15) is 31.3 Å². The summed E-state index contributed by atoms with van der Waals surface area (Å²) >= 11 is 3.31. The first-order valence-corrected chi connectivity index (χ1v) is 9.26. The summed E-state index contributed by atoms with van der Waals surface area (Å²) < 4.78 is 15.9. The standard InChI is InChI=1S/C21H16BrNO6/c1-27-18-9-8-13(11-15(18)22)17(24)12-29-21(26)14-5-2-3-6-16(14)23-20(25)19-7-4-10-28-19/h2-11H,12H2,1H3,(H,23,25). The third kappa shape index (κ3) is 4.91. The number of amides is 1. The van der Waals surface area contributed by atoms with Crippen LogP contribution in [0.25, 0.3) is 0 Å². The van der Waals surface area contributed by atoms with Crippen molar-refractivity contribution in [3.05, 3.63) is 82.2 Å². The number of nitrogens with one attached hydrogen (secondary N) is 1. The Morgan fingerprint density at radius 1 is 1.07 bits per heavy atom. The van der Waals surface area contributed by atoms with Crippen LogP contribution >= 0.6 is 15.9 Å². The van der Waals surface area contributed by atoms with Crippen molar-refractivity contribution in [2.24, 2.45) is 0 Å². The van der Waals surface area contributed by atoms with Gasteiger partial charge in [-0.25, -0.2) is 4.79 Å². The number of esters is 1. The Kier molecular flexibility index (Phi) is 6.46. The van der Waals surface area contributed by atoms with Gasteiger partial charge in [-0.2, -0.15) is 0 Å². The highest BCUT2D eigenvalue weighted by molar-refractivity contribution is 9.10. The number of halogens is 1. The van der Waals surface area contributed by atoms with Gasteiger partial charge in [0.25, 0.3) is 5.91 Å². The van der Waals surface area contributed by atoms with Gasteiger partial charge in [0.1, 0.15) is 5.75 Å². The zero-order valence-corrected chi connectivity index (χ0v) is 16.9. The molecule has 0 spiro atoms. The number of carbonyl (C=O) groups is 3. The Hall–Kier alpha value is -3.39. The number of anilines is 1. The fourth-order valence-corrected chi connectivity index (χ4v) is 3.03. The molecule has 0 aliphatic heterocycles. The third-order valence-corrected chi connectivity index (χ3v) is 4.57. The monoisotopic (exact) mass is 457 g/mol. The van der Waals surface area contributed by atoms with Gasteiger partial charge in [0, 0.05) is 5.56 Å². The molecule has 1 aromatic heterocycles. The lowest BCUT2D eigenvalue weighted by Crippen LogP contribution is -2.18. The lowest BCUT2D eigenvalue weighted by molar-refractivity contribution is 0.0475. The Labute approximate surface area is 174 Å². The zero-order valence-electron chi connectivity index (χ0n) is 15.3. The van der Waals surface area contributed by atoms with E-state index in [0.29, 0.717) is 15.8 Å². The predicted octanol–water partition coefficient (Wildman–Crippen LogP) is 4.34. The summed E-state index contributed by atoms with van der Waals surface area (Å²) in [5.41, 5.74) is 0.736. The normalized spacial score (nSPS) is 10.3. The van der Waals surface area contributed by atoms with E-state index >= 15 is 0 Å². The zero-order chi connectivity index (χ0) is 20.8. The molecule has 0 aliphatic carbocycles. The van der Waals surface area contributed by atoms with E-state index in [1.807, 2.05) is 0 Å². The Morgan fingerprint density at radius 3 is 2.55 bits per heavy atom. The van der Waals surface area contributed by atoms with E-state index in [4.69, 9.17) is 13.9 Å². The quantitative estimate of drug-likeness (QED) is 0.418. The van der Waals surface area contributed by atoms with E-state index in [9.17, 15) is 14.4 Å². The molecule has 0 saturated carbocycles. The van der Waals surface area contributed by atoms with E-state index in [0.717, 1.165) is 0 Å². The molecule has 0 aliphatic rings. The molecule has 0 unspecified atom stereocenters. The molecular formula is C21H16BrNO6. The van der Waals surface area contributed by atoms with E-state index in [1.165, 1.54) is 25.5 Å². The maximum absolute atomic E-state index is 12.5. The average molecular weight is 458 g/mol. The average Bonchev–Trinajstić information content (AvgIpc) is 3.27. The molecule has 0 atom stereocenters. The molecule has 1 heterocycles. The molecule has 1 amide bonds. The Morgan fingerprint density at radius 2 is 1.86 bits per heavy atom. The molecule has 0 bridgehead atoms. The second kappa shape index (κ2) is 9.20. The fraction of sp³-hybridized carbons (Fsp3) is 0.0952. The maximum atomic E-state index is 12.5. The number of ketones is 1. The van der Waals surface area contributed by atoms with E-state index in [2.05, 4.69) is 21.2 Å². The van der Waals surface area contributed by atoms with Gasteiger partial charge in [-0.1, -0.05) is 12.1 Å². The number of hydrogen-bond donors (Lipinski definition) is 1. The number of carbonyl (C=O) groups excluding carboxylic acids is 3. The molecule has 148 valence electrons. The summed E-state index contributed by atoms with van der Waals surface area (Å²) in [5, 5.41) is 2.59. The topological polar surface area (TPSA) is 94.8 Å². The molecule has 3 aromatic rings. The minimum atomic E-state index is -0.735. The Balaban J connectivity index is 1.67. The van der Waals surface area contributed by atoms with Crippen molar-refractivity contribution in [1.82, 2.24) is 0 Å². The third-order valence-electron chi connectivity index (χ3n) is 3.95. The van der Waals surface area contributed by atoms with Crippen LogP contribution < -0.4 is 10.1 Å². The summed E-state index contributed by atoms with van der Waals surface area (Å²) in [6.45, 7) is -0.446. The molecule has 2 aromatic carbocycles. The molecule has 3 rings (SSSR count). The molecule has 0 saturated heterocycles. The number of hydrogen-bond acceptors (Lipinski definition) is 6. The molecule has 7 nitrogen and oxygen atoms in total. The minimum absolute atomic E-state index is 0.105. The number of furan rings is 1. The van der Waals surface area contributed by atoms with Gasteiger partial charge in [-0.15, -0.1) is 0 Å². The molecule has 8 heteroatoms. The first-order chi connectivity index (χ1) is 14.0. The maximum Gasteiger partial charge on any atom is 0.340 e. The highest BCUT2D eigenvalue weighted by Gasteiger charge is 2.18. The number of ether oxygens (including phenoxy) is 2. The second-order valence-electron chi connectivity index (χ2n) is 5.83. The van der Waals surface area contributed by atoms with Gasteiger partial charge >= 0.3 is 5.97 Å². The number of benzene rings is 2. The van der Waals surface area contributed by atoms with Crippen LogP contribution in [0.15, 0.2) is 69.8 Å². The number of methoxy groups -OCH3 is 1. The minimum Gasteiger partial charge on any atom is -0.496 e. The molecular weight excluding hydrogens is 442 g/mol. The van der Waals surface area contributed by atoms with Gasteiger partial charge in [0.05, 0.1) is 29.1 Å². The summed E-state index contributed by atoms with van der Waals surface area (Å²) in [5.74, 6) is -0.928. The first-order valence-electron chi connectivity index (χ1n) is 8.47. The highest BCUT2D eigenvalue weighted by atomic mass is 79.9. The van der Waals surface area contributed by atoms with Gasteiger partial charge in [0.15, 0.2) is 18.2 Å². The van der Waals surface area contributed by atoms with Crippen LogP contribution in [0.3, 0.4) is 0 Å². The fourth-order valence-electron chi connectivity index (χ4n) is 2.49. The predicted molar refractivity (Wildman–Crippen MR) is 108 cm³/mol. The summed E-state index contributed by atoms with van der Waals surface area (Å²) in [4.78, 5) is 36.9. The summed E-state index contributed by atoms with van der Waals surface area (Å²) in [7, 11) is 1.52. The van der Waals surface area contributed by atoms with Crippen LogP contribution in [0.4, 0.5) is 5.69 Å². The van der Waals surface area contributed by atoms with Crippen LogP contribution in [-0.2, 0) is 4.74 Å². The molecule has 0 fully saturated rings. The van der Waals surface area contributed by atoms with Crippen molar-refractivity contribution in [2.45, 2.75) is 0 Å². The number of rotatable bonds is 7. The van der Waals surface area contributed by atoms with Gasteiger partial charge < -0.3 is 19.2 Å². The van der Waals surface area contributed by atoms with E-state index in [-0.39, 0.29) is 22.8 Å². The van der Waals surface area contributed by atoms with Crippen LogP contribution in [0.2, 0.25) is 0 Å². The second-order valence-corrected chi connectivity index (χ2v) is 6.68. The number of Topliss-reactive ketones (excluding diaryl/α,β-unsaturated/α-hetero) is 1. The lowest BCUT2D eigenvalue weighted by Gasteiger charge is -2.10. The number of para-hydroxylation sites is 1. The van der Waals surface area contributed by atoms with Crippen LogP contribution in [0, 0.1) is 0 Å². The summed E-state index contributed by atoms with van der Waals surface area (Å²) in [6, 6.07) is 14.2. The lowest BCUT2D eigenvalue weighted by atomic mass is 10.1. The largest absolute Gasteiger partial charge is 0.496 e. The van der Waals surface area contributed by atoms with Gasteiger partial charge in [-0.05, 0) is 58.4 Å². The van der Waals surface area contributed by atoms with Crippen molar-refractivity contribution < 1.29 is 28.3 Å². The van der Waals surface area contributed by atoms with Crippen molar-refractivity contribution in [1.29, 1.82) is 0 Å². The van der Waals surface area contributed by atoms with E-state index in [1.54, 1.807) is 42.5 Å². The van der Waals surface area contributed by atoms with Crippen molar-refractivity contribution in [2.75, 3.05) is 19.0 Å². The Bertz CT molecular complexity index is 1050. The van der Waals surface area contributed by atoms with Crippen molar-refractivity contribution in [3.8, 4) is 5.75 Å². The van der Waals surface area contributed by atoms with Gasteiger partial charge in [-0.3, -0.25) is 9.59 Å². The van der Waals surface area contributed by atoms with Crippen molar-refractivity contribution in [3.63, 3.8) is 0 Å². The van der Waals surface area contributed by atoms with Gasteiger partial charge in [0.2, 0.25) is 0 Å². The van der Waals surface area contributed by atoms with Crippen LogP contribution in [0.5, 0.6) is 5.75 Å². The molecule has 0 radical (unpaired) electrons. The smallest absolute Gasteiger partial charge is 0.340 e. The van der Waals surface area contributed by atoms with Crippen molar-refractivity contribution >= 4 is 39.3 Å². The molecule has 1 N–H and O–H groups in total. The van der Waals surface area contributed by atoms with Crippen LogP contribution in [-0.4, -0.2) is 31.4 Å². The highest BCUT2D eigenvalue weighted by Crippen LogP contribution is 2.26. The first kappa shape index (κ1) is 20.3. The van der Waals surface area contributed by atoms with E-state index < -0.39 is 18.5 Å². The molecule has 29 heavy (non-hydrogen) atoms.